The number of anilines is 2. The van der Waals surface area contributed by atoms with Crippen LogP contribution < -0.4 is 10.6 Å². The molecule has 3 aromatic carbocycles. The maximum atomic E-state index is 13.1. The summed E-state index contributed by atoms with van der Waals surface area (Å²) < 4.78 is 5.00. The van der Waals surface area contributed by atoms with Crippen LogP contribution >= 0.6 is 23.1 Å². The highest BCUT2D eigenvalue weighted by molar-refractivity contribution is 8.00. The lowest BCUT2D eigenvalue weighted by molar-refractivity contribution is -0.115. The number of carboxylic acid groups (broad SMARTS) is 1. The molecule has 0 aliphatic carbocycles. The Hall–Kier alpha value is -4.41. The van der Waals surface area contributed by atoms with E-state index < -0.39 is 23.1 Å². The normalized spacial score (nSPS) is 11.4. The summed E-state index contributed by atoms with van der Waals surface area (Å²) in [6.45, 7) is 3.71. The Morgan fingerprint density at radius 2 is 1.62 bits per heavy atom. The van der Waals surface area contributed by atoms with E-state index in [1.54, 1.807) is 43.3 Å². The van der Waals surface area contributed by atoms with E-state index in [1.165, 1.54) is 42.3 Å². The van der Waals surface area contributed by atoms with Crippen LogP contribution in [0.1, 0.15) is 43.6 Å². The molecule has 0 bridgehead atoms. The molecule has 40 heavy (non-hydrogen) atoms. The SMILES string of the molecule is COC(=O)c1c(-c2ccc(C)cc2)csc1NC(=O)C(C)Sc1cccc(NC(=O)c2ccccc2C(=O)O)c1. The molecule has 1 unspecified atom stereocenters. The third kappa shape index (κ3) is 6.59. The molecule has 1 atom stereocenters. The van der Waals surface area contributed by atoms with Gasteiger partial charge in [-0.25, -0.2) is 9.59 Å². The monoisotopic (exact) mass is 574 g/mol. The molecular formula is C30H26N2O6S2. The Labute approximate surface area is 239 Å². The standard InChI is InChI=1S/C30H26N2O6S2/c1-17-11-13-19(14-12-17)24-16-39-28(25(24)30(37)38-3)32-26(33)18(2)40-21-8-6-7-20(15-21)31-27(34)22-9-4-5-10-23(22)29(35)36/h4-16,18H,1-3H3,(H,31,34)(H,32,33)(H,35,36). The third-order valence-electron chi connectivity index (χ3n) is 5.96. The fraction of sp³-hybridized carbons (Fsp3) is 0.133. The number of methoxy groups -OCH3 is 1. The molecule has 0 fully saturated rings. The first-order valence-corrected chi connectivity index (χ1v) is 13.9. The number of hydrogen-bond donors (Lipinski definition) is 3. The van der Waals surface area contributed by atoms with Gasteiger partial charge in [-0.15, -0.1) is 23.1 Å². The molecule has 1 aromatic heterocycles. The van der Waals surface area contributed by atoms with Gasteiger partial charge in [0.25, 0.3) is 5.91 Å². The number of rotatable bonds is 9. The van der Waals surface area contributed by atoms with Gasteiger partial charge in [-0.3, -0.25) is 9.59 Å². The lowest BCUT2D eigenvalue weighted by atomic mass is 10.0. The number of carbonyl (C=O) groups excluding carboxylic acids is 3. The summed E-state index contributed by atoms with van der Waals surface area (Å²) in [5.74, 6) is -2.59. The number of amides is 2. The van der Waals surface area contributed by atoms with Gasteiger partial charge in [0.15, 0.2) is 0 Å². The number of ether oxygens (including phenoxy) is 1. The van der Waals surface area contributed by atoms with Gasteiger partial charge in [0.05, 0.1) is 23.5 Å². The molecule has 0 aliphatic rings. The minimum absolute atomic E-state index is 0.0446. The van der Waals surface area contributed by atoms with Crippen molar-refractivity contribution in [1.82, 2.24) is 0 Å². The van der Waals surface area contributed by atoms with Gasteiger partial charge in [0, 0.05) is 21.5 Å². The van der Waals surface area contributed by atoms with Crippen molar-refractivity contribution >= 4 is 57.5 Å². The Kier molecular flexibility index (Phi) is 9.03. The maximum Gasteiger partial charge on any atom is 0.341 e. The molecule has 0 radical (unpaired) electrons. The highest BCUT2D eigenvalue weighted by atomic mass is 32.2. The van der Waals surface area contributed by atoms with Gasteiger partial charge < -0.3 is 20.5 Å². The van der Waals surface area contributed by atoms with Crippen LogP contribution in [0.25, 0.3) is 11.1 Å². The second-order valence-electron chi connectivity index (χ2n) is 8.79. The third-order valence-corrected chi connectivity index (χ3v) is 7.95. The van der Waals surface area contributed by atoms with E-state index in [9.17, 15) is 24.3 Å². The van der Waals surface area contributed by atoms with E-state index in [1.807, 2.05) is 36.6 Å². The zero-order chi connectivity index (χ0) is 28.8. The molecule has 1 heterocycles. The predicted octanol–water partition coefficient (Wildman–Crippen LogP) is 6.58. The largest absolute Gasteiger partial charge is 0.478 e. The number of benzene rings is 3. The molecule has 4 aromatic rings. The summed E-state index contributed by atoms with van der Waals surface area (Å²) in [4.78, 5) is 50.7. The first kappa shape index (κ1) is 28.6. The first-order chi connectivity index (χ1) is 19.2. The van der Waals surface area contributed by atoms with Crippen LogP contribution in [0.3, 0.4) is 0 Å². The summed E-state index contributed by atoms with van der Waals surface area (Å²) in [5.41, 5.74) is 3.32. The molecule has 0 saturated heterocycles. The maximum absolute atomic E-state index is 13.1. The van der Waals surface area contributed by atoms with Crippen molar-refractivity contribution in [3.05, 3.63) is 100 Å². The summed E-state index contributed by atoms with van der Waals surface area (Å²) in [5, 5.41) is 16.6. The molecule has 0 spiro atoms. The molecule has 3 N–H and O–H groups in total. The van der Waals surface area contributed by atoms with Crippen LogP contribution in [0.4, 0.5) is 10.7 Å². The number of esters is 1. The number of carbonyl (C=O) groups is 4. The number of aromatic carboxylic acids is 1. The minimum atomic E-state index is -1.19. The van der Waals surface area contributed by atoms with Gasteiger partial charge >= 0.3 is 11.9 Å². The van der Waals surface area contributed by atoms with Crippen LogP contribution in [-0.4, -0.2) is 41.2 Å². The molecule has 0 saturated carbocycles. The molecule has 2 amide bonds. The summed E-state index contributed by atoms with van der Waals surface area (Å²) >= 11 is 2.52. The van der Waals surface area contributed by atoms with E-state index in [2.05, 4.69) is 10.6 Å². The van der Waals surface area contributed by atoms with Crippen molar-refractivity contribution in [2.24, 2.45) is 0 Å². The average Bonchev–Trinajstić information content (AvgIpc) is 3.36. The highest BCUT2D eigenvalue weighted by Crippen LogP contribution is 2.37. The fourth-order valence-electron chi connectivity index (χ4n) is 3.88. The van der Waals surface area contributed by atoms with Gasteiger partial charge in [-0.2, -0.15) is 0 Å². The van der Waals surface area contributed by atoms with Crippen molar-refractivity contribution in [3.63, 3.8) is 0 Å². The molecule has 10 heteroatoms. The number of aryl methyl sites for hydroxylation is 1. The van der Waals surface area contributed by atoms with Crippen molar-refractivity contribution in [1.29, 1.82) is 0 Å². The summed E-state index contributed by atoms with van der Waals surface area (Å²) in [7, 11) is 1.30. The number of carboxylic acids is 1. The summed E-state index contributed by atoms with van der Waals surface area (Å²) in [6.07, 6.45) is 0. The number of nitrogens with one attached hydrogen (secondary N) is 2. The number of thioether (sulfide) groups is 1. The zero-order valence-electron chi connectivity index (χ0n) is 21.9. The summed E-state index contributed by atoms with van der Waals surface area (Å²) in [6, 6.07) is 20.6. The topological polar surface area (TPSA) is 122 Å². The van der Waals surface area contributed by atoms with Gasteiger partial charge in [-0.1, -0.05) is 48.0 Å². The van der Waals surface area contributed by atoms with Gasteiger partial charge in [0.2, 0.25) is 5.91 Å². The Morgan fingerprint density at radius 3 is 2.30 bits per heavy atom. The number of hydrogen-bond acceptors (Lipinski definition) is 7. The zero-order valence-corrected chi connectivity index (χ0v) is 23.5. The molecule has 8 nitrogen and oxygen atoms in total. The van der Waals surface area contributed by atoms with Crippen molar-refractivity contribution in [2.75, 3.05) is 17.7 Å². The molecule has 0 aliphatic heterocycles. The van der Waals surface area contributed by atoms with Crippen LogP contribution in [0.5, 0.6) is 0 Å². The Bertz CT molecular complexity index is 1580. The van der Waals surface area contributed by atoms with E-state index in [-0.39, 0.29) is 17.0 Å². The molecule has 204 valence electrons. The fourth-order valence-corrected chi connectivity index (χ4v) is 5.77. The van der Waals surface area contributed by atoms with E-state index in [0.717, 1.165) is 11.1 Å². The smallest absolute Gasteiger partial charge is 0.341 e. The van der Waals surface area contributed by atoms with Gasteiger partial charge in [-0.05, 0) is 49.7 Å². The lowest BCUT2D eigenvalue weighted by Gasteiger charge is -2.14. The van der Waals surface area contributed by atoms with Crippen molar-refractivity contribution in [2.45, 2.75) is 24.0 Å². The van der Waals surface area contributed by atoms with Crippen LogP contribution in [0.15, 0.2) is 83.1 Å². The predicted molar refractivity (Wildman–Crippen MR) is 158 cm³/mol. The second kappa shape index (κ2) is 12.6. The van der Waals surface area contributed by atoms with E-state index in [0.29, 0.717) is 26.7 Å². The number of thiophene rings is 1. The van der Waals surface area contributed by atoms with Gasteiger partial charge in [0.1, 0.15) is 10.6 Å². The highest BCUT2D eigenvalue weighted by Gasteiger charge is 2.24. The average molecular weight is 575 g/mol. The lowest BCUT2D eigenvalue weighted by Crippen LogP contribution is -2.23. The van der Waals surface area contributed by atoms with Crippen molar-refractivity contribution in [3.8, 4) is 11.1 Å². The van der Waals surface area contributed by atoms with Crippen molar-refractivity contribution < 1.29 is 29.0 Å². The first-order valence-electron chi connectivity index (χ1n) is 12.2. The van der Waals surface area contributed by atoms with E-state index >= 15 is 0 Å². The molecule has 4 rings (SSSR count). The van der Waals surface area contributed by atoms with E-state index in [4.69, 9.17) is 4.74 Å². The van der Waals surface area contributed by atoms with Crippen LogP contribution in [0, 0.1) is 6.92 Å². The van der Waals surface area contributed by atoms with Crippen LogP contribution in [-0.2, 0) is 9.53 Å². The van der Waals surface area contributed by atoms with Crippen LogP contribution in [0.2, 0.25) is 0 Å². The second-order valence-corrected chi connectivity index (χ2v) is 11.1. The Morgan fingerprint density at radius 1 is 0.925 bits per heavy atom. The Balaban J connectivity index is 1.47. The quantitative estimate of drug-likeness (QED) is 0.152. The minimum Gasteiger partial charge on any atom is -0.478 e. The molecular weight excluding hydrogens is 548 g/mol.